The Morgan fingerprint density at radius 1 is 1.06 bits per heavy atom. The van der Waals surface area contributed by atoms with Gasteiger partial charge in [0.05, 0.1) is 6.61 Å². The van der Waals surface area contributed by atoms with E-state index in [0.29, 0.717) is 0 Å². The SMILES string of the molecule is N[C@@H]1CCOc2ccc(Cc3ccccc3)cc21. The predicted octanol–water partition coefficient (Wildman–Crippen LogP) is 3.06. The van der Waals surface area contributed by atoms with E-state index in [9.17, 15) is 0 Å². The Labute approximate surface area is 107 Å². The van der Waals surface area contributed by atoms with Crippen molar-refractivity contribution in [3.8, 4) is 5.75 Å². The molecule has 0 aliphatic carbocycles. The smallest absolute Gasteiger partial charge is 0.124 e. The van der Waals surface area contributed by atoms with E-state index in [1.165, 1.54) is 11.1 Å². The van der Waals surface area contributed by atoms with Crippen LogP contribution in [0.1, 0.15) is 29.2 Å². The standard InChI is InChI=1S/C16H17NO/c17-15-8-9-18-16-7-6-13(11-14(15)16)10-12-4-2-1-3-5-12/h1-7,11,15H,8-10,17H2/t15-/m1/s1. The molecule has 1 aliphatic rings. The molecule has 0 fully saturated rings. The van der Waals surface area contributed by atoms with Crippen LogP contribution in [0.3, 0.4) is 0 Å². The lowest BCUT2D eigenvalue weighted by Crippen LogP contribution is -2.20. The molecular weight excluding hydrogens is 222 g/mol. The number of nitrogens with two attached hydrogens (primary N) is 1. The zero-order chi connectivity index (χ0) is 12.4. The highest BCUT2D eigenvalue weighted by Crippen LogP contribution is 2.31. The largest absolute Gasteiger partial charge is 0.493 e. The fraction of sp³-hybridized carbons (Fsp3) is 0.250. The maximum atomic E-state index is 6.13. The summed E-state index contributed by atoms with van der Waals surface area (Å²) < 4.78 is 5.62. The Morgan fingerprint density at radius 2 is 1.89 bits per heavy atom. The molecule has 2 nitrogen and oxygen atoms in total. The van der Waals surface area contributed by atoms with Crippen molar-refractivity contribution in [2.75, 3.05) is 6.61 Å². The number of hydrogen-bond acceptors (Lipinski definition) is 2. The van der Waals surface area contributed by atoms with Gasteiger partial charge in [0.2, 0.25) is 0 Å². The topological polar surface area (TPSA) is 35.2 Å². The summed E-state index contributed by atoms with van der Waals surface area (Å²) in [7, 11) is 0. The quantitative estimate of drug-likeness (QED) is 0.874. The summed E-state index contributed by atoms with van der Waals surface area (Å²) in [6.07, 6.45) is 1.85. The monoisotopic (exact) mass is 239 g/mol. The fourth-order valence-corrected chi connectivity index (χ4v) is 2.41. The van der Waals surface area contributed by atoms with Gasteiger partial charge in [0.15, 0.2) is 0 Å². The number of benzene rings is 2. The first-order valence-electron chi connectivity index (χ1n) is 6.38. The first kappa shape index (κ1) is 11.3. The van der Waals surface area contributed by atoms with Gasteiger partial charge in [-0.15, -0.1) is 0 Å². The molecule has 0 spiro atoms. The first-order chi connectivity index (χ1) is 8.83. The zero-order valence-electron chi connectivity index (χ0n) is 10.3. The van der Waals surface area contributed by atoms with Crippen molar-refractivity contribution in [1.29, 1.82) is 0 Å². The third kappa shape index (κ3) is 2.24. The second-order valence-electron chi connectivity index (χ2n) is 4.78. The molecule has 2 aromatic rings. The van der Waals surface area contributed by atoms with Crippen LogP contribution < -0.4 is 10.5 Å². The fourth-order valence-electron chi connectivity index (χ4n) is 2.41. The highest BCUT2D eigenvalue weighted by molar-refractivity contribution is 5.42. The maximum Gasteiger partial charge on any atom is 0.124 e. The van der Waals surface area contributed by atoms with Crippen LogP contribution in [0.25, 0.3) is 0 Å². The van der Waals surface area contributed by atoms with Gasteiger partial charge in [0.1, 0.15) is 5.75 Å². The van der Waals surface area contributed by atoms with E-state index in [4.69, 9.17) is 10.5 Å². The molecule has 18 heavy (non-hydrogen) atoms. The Bertz CT molecular complexity index is 536. The lowest BCUT2D eigenvalue weighted by atomic mass is 9.96. The molecule has 2 N–H and O–H groups in total. The molecule has 92 valence electrons. The van der Waals surface area contributed by atoms with Crippen molar-refractivity contribution in [3.63, 3.8) is 0 Å². The van der Waals surface area contributed by atoms with Gasteiger partial charge in [-0.1, -0.05) is 42.5 Å². The van der Waals surface area contributed by atoms with Gasteiger partial charge in [-0.05, 0) is 23.6 Å². The minimum absolute atomic E-state index is 0.115. The van der Waals surface area contributed by atoms with Crippen LogP contribution in [0.5, 0.6) is 5.75 Å². The van der Waals surface area contributed by atoms with E-state index in [2.05, 4.69) is 36.4 Å². The van der Waals surface area contributed by atoms with Gasteiger partial charge in [-0.2, -0.15) is 0 Å². The second-order valence-corrected chi connectivity index (χ2v) is 4.78. The molecule has 0 aromatic heterocycles. The molecule has 2 aromatic carbocycles. The van der Waals surface area contributed by atoms with Gasteiger partial charge in [0, 0.05) is 18.0 Å². The summed E-state index contributed by atoms with van der Waals surface area (Å²) in [5.41, 5.74) is 9.89. The minimum atomic E-state index is 0.115. The van der Waals surface area contributed by atoms with E-state index in [1.54, 1.807) is 0 Å². The third-order valence-electron chi connectivity index (χ3n) is 3.41. The normalized spacial score (nSPS) is 17.9. The van der Waals surface area contributed by atoms with Gasteiger partial charge < -0.3 is 10.5 Å². The second kappa shape index (κ2) is 4.83. The predicted molar refractivity (Wildman–Crippen MR) is 72.7 cm³/mol. The summed E-state index contributed by atoms with van der Waals surface area (Å²) in [6.45, 7) is 0.728. The summed E-state index contributed by atoms with van der Waals surface area (Å²) >= 11 is 0. The van der Waals surface area contributed by atoms with Crippen molar-refractivity contribution in [2.45, 2.75) is 18.9 Å². The summed E-state index contributed by atoms with van der Waals surface area (Å²) in [4.78, 5) is 0. The summed E-state index contributed by atoms with van der Waals surface area (Å²) in [5.74, 6) is 0.950. The molecular formula is C16H17NO. The third-order valence-corrected chi connectivity index (χ3v) is 3.41. The van der Waals surface area contributed by atoms with E-state index >= 15 is 0 Å². The Balaban J connectivity index is 1.88. The molecule has 3 rings (SSSR count). The van der Waals surface area contributed by atoms with Crippen LogP contribution in [-0.4, -0.2) is 6.61 Å². The first-order valence-corrected chi connectivity index (χ1v) is 6.38. The zero-order valence-corrected chi connectivity index (χ0v) is 10.3. The van der Waals surface area contributed by atoms with Crippen LogP contribution in [0.15, 0.2) is 48.5 Å². The molecule has 1 aliphatic heterocycles. The van der Waals surface area contributed by atoms with E-state index in [-0.39, 0.29) is 6.04 Å². The Kier molecular flexibility index (Phi) is 3.03. The van der Waals surface area contributed by atoms with Crippen LogP contribution in [-0.2, 0) is 6.42 Å². The van der Waals surface area contributed by atoms with Crippen molar-refractivity contribution >= 4 is 0 Å². The molecule has 1 atom stereocenters. The highest BCUT2D eigenvalue weighted by Gasteiger charge is 2.18. The number of hydrogen-bond donors (Lipinski definition) is 1. The minimum Gasteiger partial charge on any atom is -0.493 e. The van der Waals surface area contributed by atoms with Crippen molar-refractivity contribution in [3.05, 3.63) is 65.2 Å². The van der Waals surface area contributed by atoms with E-state index < -0.39 is 0 Å². The van der Waals surface area contributed by atoms with Crippen LogP contribution in [0.2, 0.25) is 0 Å². The van der Waals surface area contributed by atoms with Crippen molar-refractivity contribution < 1.29 is 4.74 Å². The van der Waals surface area contributed by atoms with Gasteiger partial charge in [0.25, 0.3) is 0 Å². The molecule has 0 unspecified atom stereocenters. The van der Waals surface area contributed by atoms with E-state index in [0.717, 1.165) is 30.8 Å². The highest BCUT2D eigenvalue weighted by atomic mass is 16.5. The van der Waals surface area contributed by atoms with Gasteiger partial charge in [-0.25, -0.2) is 0 Å². The number of ether oxygens (including phenoxy) is 1. The van der Waals surface area contributed by atoms with Crippen LogP contribution in [0.4, 0.5) is 0 Å². The Hall–Kier alpha value is -1.80. The molecule has 1 heterocycles. The average molecular weight is 239 g/mol. The number of rotatable bonds is 2. The molecule has 0 bridgehead atoms. The number of fused-ring (bicyclic) bond motifs is 1. The Morgan fingerprint density at radius 3 is 2.72 bits per heavy atom. The molecule has 0 radical (unpaired) electrons. The lowest BCUT2D eigenvalue weighted by Gasteiger charge is -2.23. The van der Waals surface area contributed by atoms with E-state index in [1.807, 2.05) is 12.1 Å². The van der Waals surface area contributed by atoms with Crippen molar-refractivity contribution in [1.82, 2.24) is 0 Å². The molecule has 2 heteroatoms. The summed E-state index contributed by atoms with van der Waals surface area (Å²) in [5, 5.41) is 0. The van der Waals surface area contributed by atoms with Crippen LogP contribution >= 0.6 is 0 Å². The molecule has 0 saturated heterocycles. The lowest BCUT2D eigenvalue weighted by molar-refractivity contribution is 0.269. The van der Waals surface area contributed by atoms with Crippen molar-refractivity contribution in [2.24, 2.45) is 5.73 Å². The maximum absolute atomic E-state index is 6.13. The van der Waals surface area contributed by atoms with Gasteiger partial charge >= 0.3 is 0 Å². The summed E-state index contributed by atoms with van der Waals surface area (Å²) in [6, 6.07) is 17.0. The molecule has 0 amide bonds. The molecule has 0 saturated carbocycles. The average Bonchev–Trinajstić information content (AvgIpc) is 2.41. The van der Waals surface area contributed by atoms with Gasteiger partial charge in [-0.3, -0.25) is 0 Å². The van der Waals surface area contributed by atoms with Crippen LogP contribution in [0, 0.1) is 0 Å².